The molecular weight excluding hydrogens is 228 g/mol. The fourth-order valence-corrected chi connectivity index (χ4v) is 3.43. The molecule has 1 fully saturated rings. The third-order valence-electron chi connectivity index (χ3n) is 3.92. The Bertz CT molecular complexity index is 210. The Labute approximate surface area is 112 Å². The van der Waals surface area contributed by atoms with Gasteiger partial charge in [-0.1, -0.05) is 20.8 Å². The van der Waals surface area contributed by atoms with Gasteiger partial charge in [-0.05, 0) is 31.7 Å². The Morgan fingerprint density at radius 1 is 1.41 bits per heavy atom. The highest BCUT2D eigenvalue weighted by Crippen LogP contribution is 2.25. The second kappa shape index (κ2) is 7.65. The van der Waals surface area contributed by atoms with Gasteiger partial charge in [0.1, 0.15) is 0 Å². The molecule has 1 aliphatic heterocycles. The van der Waals surface area contributed by atoms with Crippen molar-refractivity contribution < 1.29 is 0 Å². The molecule has 0 aromatic rings. The minimum absolute atomic E-state index is 0.436. The number of thioether (sulfide) groups is 1. The van der Waals surface area contributed by atoms with Crippen LogP contribution in [0.15, 0.2) is 0 Å². The minimum Gasteiger partial charge on any atom is -0.316 e. The van der Waals surface area contributed by atoms with Crippen molar-refractivity contribution in [2.75, 3.05) is 37.7 Å². The van der Waals surface area contributed by atoms with Crippen molar-refractivity contribution in [3.05, 3.63) is 0 Å². The van der Waals surface area contributed by atoms with Crippen molar-refractivity contribution in [2.45, 2.75) is 46.6 Å². The molecule has 0 aliphatic carbocycles. The number of nitrogens with one attached hydrogen (secondary N) is 1. The summed E-state index contributed by atoms with van der Waals surface area (Å²) >= 11 is 2.10. The molecule has 1 saturated heterocycles. The summed E-state index contributed by atoms with van der Waals surface area (Å²) in [6.07, 6.45) is 2.50. The molecule has 1 N–H and O–H groups in total. The number of hydrogen-bond donors (Lipinski definition) is 1. The summed E-state index contributed by atoms with van der Waals surface area (Å²) in [4.78, 5) is 2.69. The third kappa shape index (κ3) is 5.19. The Balaban J connectivity index is 2.42. The first-order chi connectivity index (χ1) is 8.11. The predicted octanol–water partition coefficient (Wildman–Crippen LogP) is 2.84. The summed E-state index contributed by atoms with van der Waals surface area (Å²) in [5.41, 5.74) is 0.436. The van der Waals surface area contributed by atoms with Gasteiger partial charge in [0.05, 0.1) is 0 Å². The Morgan fingerprint density at radius 3 is 2.76 bits per heavy atom. The molecule has 0 aromatic carbocycles. The largest absolute Gasteiger partial charge is 0.316 e. The molecule has 0 spiro atoms. The lowest BCUT2D eigenvalue weighted by molar-refractivity contribution is 0.132. The van der Waals surface area contributed by atoms with E-state index in [2.05, 4.69) is 49.7 Å². The fraction of sp³-hybridized carbons (Fsp3) is 1.00. The van der Waals surface area contributed by atoms with Gasteiger partial charge in [-0.2, -0.15) is 11.8 Å². The van der Waals surface area contributed by atoms with Crippen molar-refractivity contribution >= 4 is 11.8 Å². The summed E-state index contributed by atoms with van der Waals surface area (Å²) in [5.74, 6) is 2.62. The molecule has 2 nitrogen and oxygen atoms in total. The molecule has 2 atom stereocenters. The van der Waals surface area contributed by atoms with Gasteiger partial charge in [-0.15, -0.1) is 0 Å². The average Bonchev–Trinajstić information content (AvgIpc) is 2.33. The molecule has 2 unspecified atom stereocenters. The summed E-state index contributed by atoms with van der Waals surface area (Å²) in [6.45, 7) is 14.2. The van der Waals surface area contributed by atoms with E-state index in [0.717, 1.165) is 19.1 Å². The molecular formula is C14H30N2S. The molecule has 102 valence electrons. The standard InChI is InChI=1S/C14H30N2S/c1-5-7-15-11-14(4,6-2)12-16-8-9-17-10-13(16)3/h13,15H,5-12H2,1-4H3. The lowest BCUT2D eigenvalue weighted by Gasteiger charge is -2.40. The molecule has 0 amide bonds. The molecule has 3 heteroatoms. The predicted molar refractivity (Wildman–Crippen MR) is 79.9 cm³/mol. The van der Waals surface area contributed by atoms with Crippen molar-refractivity contribution in [1.29, 1.82) is 0 Å². The van der Waals surface area contributed by atoms with E-state index >= 15 is 0 Å². The Hall–Kier alpha value is 0.270. The highest BCUT2D eigenvalue weighted by Gasteiger charge is 2.28. The molecule has 0 aromatic heterocycles. The maximum atomic E-state index is 3.60. The zero-order valence-corrected chi connectivity index (χ0v) is 12.9. The van der Waals surface area contributed by atoms with Gasteiger partial charge < -0.3 is 5.32 Å². The number of nitrogens with zero attached hydrogens (tertiary/aromatic N) is 1. The van der Waals surface area contributed by atoms with E-state index in [1.165, 1.54) is 37.4 Å². The van der Waals surface area contributed by atoms with Crippen LogP contribution in [0.1, 0.15) is 40.5 Å². The van der Waals surface area contributed by atoms with Crippen LogP contribution in [0.3, 0.4) is 0 Å². The van der Waals surface area contributed by atoms with Crippen LogP contribution in [0.5, 0.6) is 0 Å². The lowest BCUT2D eigenvalue weighted by Crippen LogP contribution is -2.48. The summed E-state index contributed by atoms with van der Waals surface area (Å²) < 4.78 is 0. The van der Waals surface area contributed by atoms with Gasteiger partial charge in [0, 0.05) is 37.2 Å². The van der Waals surface area contributed by atoms with E-state index in [1.807, 2.05) is 0 Å². The van der Waals surface area contributed by atoms with E-state index < -0.39 is 0 Å². The van der Waals surface area contributed by atoms with Crippen LogP contribution >= 0.6 is 11.8 Å². The average molecular weight is 258 g/mol. The van der Waals surface area contributed by atoms with Gasteiger partial charge in [-0.25, -0.2) is 0 Å². The van der Waals surface area contributed by atoms with Crippen LogP contribution in [0.2, 0.25) is 0 Å². The normalized spacial score (nSPS) is 25.8. The summed E-state index contributed by atoms with van der Waals surface area (Å²) in [6, 6.07) is 0.755. The van der Waals surface area contributed by atoms with Crippen molar-refractivity contribution in [3.63, 3.8) is 0 Å². The second-order valence-corrected chi connectivity index (χ2v) is 6.89. The Kier molecular flexibility index (Phi) is 6.90. The van der Waals surface area contributed by atoms with Crippen molar-refractivity contribution in [1.82, 2.24) is 10.2 Å². The van der Waals surface area contributed by atoms with Gasteiger partial charge >= 0.3 is 0 Å². The van der Waals surface area contributed by atoms with Crippen LogP contribution < -0.4 is 5.32 Å². The first-order valence-corrected chi connectivity index (χ1v) is 8.29. The van der Waals surface area contributed by atoms with Gasteiger partial charge in [0.25, 0.3) is 0 Å². The lowest BCUT2D eigenvalue weighted by atomic mass is 9.86. The summed E-state index contributed by atoms with van der Waals surface area (Å²) in [7, 11) is 0. The van der Waals surface area contributed by atoms with Crippen LogP contribution in [-0.2, 0) is 0 Å². The molecule has 1 heterocycles. The molecule has 0 radical (unpaired) electrons. The highest BCUT2D eigenvalue weighted by atomic mass is 32.2. The van der Waals surface area contributed by atoms with E-state index in [-0.39, 0.29) is 0 Å². The van der Waals surface area contributed by atoms with E-state index in [9.17, 15) is 0 Å². The van der Waals surface area contributed by atoms with Gasteiger partial charge in [0.2, 0.25) is 0 Å². The first kappa shape index (κ1) is 15.3. The molecule has 0 bridgehead atoms. The van der Waals surface area contributed by atoms with E-state index in [0.29, 0.717) is 5.41 Å². The van der Waals surface area contributed by atoms with Crippen molar-refractivity contribution in [3.8, 4) is 0 Å². The zero-order valence-electron chi connectivity index (χ0n) is 12.1. The molecule has 1 aliphatic rings. The van der Waals surface area contributed by atoms with Crippen molar-refractivity contribution in [2.24, 2.45) is 5.41 Å². The van der Waals surface area contributed by atoms with E-state index in [4.69, 9.17) is 0 Å². The van der Waals surface area contributed by atoms with Gasteiger partial charge in [0.15, 0.2) is 0 Å². The quantitative estimate of drug-likeness (QED) is 0.707. The molecule has 1 rings (SSSR count). The number of rotatable bonds is 7. The van der Waals surface area contributed by atoms with Crippen LogP contribution in [0.25, 0.3) is 0 Å². The molecule has 17 heavy (non-hydrogen) atoms. The zero-order chi connectivity index (χ0) is 12.7. The monoisotopic (exact) mass is 258 g/mol. The number of hydrogen-bond acceptors (Lipinski definition) is 3. The van der Waals surface area contributed by atoms with Crippen LogP contribution in [0, 0.1) is 5.41 Å². The Morgan fingerprint density at radius 2 is 2.18 bits per heavy atom. The minimum atomic E-state index is 0.436. The maximum absolute atomic E-state index is 3.60. The van der Waals surface area contributed by atoms with Gasteiger partial charge in [-0.3, -0.25) is 4.90 Å². The summed E-state index contributed by atoms with van der Waals surface area (Å²) in [5, 5.41) is 3.60. The maximum Gasteiger partial charge on any atom is 0.0158 e. The second-order valence-electron chi connectivity index (χ2n) is 5.74. The first-order valence-electron chi connectivity index (χ1n) is 7.14. The van der Waals surface area contributed by atoms with Crippen LogP contribution in [0.4, 0.5) is 0 Å². The SMILES string of the molecule is CCCNCC(C)(CC)CN1CCSCC1C. The van der Waals surface area contributed by atoms with Crippen LogP contribution in [-0.4, -0.2) is 48.6 Å². The fourth-order valence-electron chi connectivity index (χ4n) is 2.35. The third-order valence-corrected chi connectivity index (χ3v) is 5.11. The highest BCUT2D eigenvalue weighted by molar-refractivity contribution is 7.99. The topological polar surface area (TPSA) is 15.3 Å². The molecule has 0 saturated carbocycles. The smallest absolute Gasteiger partial charge is 0.0158 e. The van der Waals surface area contributed by atoms with E-state index in [1.54, 1.807) is 0 Å².